The van der Waals surface area contributed by atoms with Crippen molar-refractivity contribution >= 4 is 35.0 Å². The van der Waals surface area contributed by atoms with E-state index in [9.17, 15) is 19.2 Å². The molecule has 0 aliphatic carbocycles. The van der Waals surface area contributed by atoms with Gasteiger partial charge in [0.05, 0.1) is 12.5 Å². The number of amides is 2. The number of hydrogen-bond donors (Lipinski definition) is 3. The van der Waals surface area contributed by atoms with Gasteiger partial charge in [0.2, 0.25) is 5.91 Å². The van der Waals surface area contributed by atoms with Gasteiger partial charge in [0.15, 0.2) is 0 Å². The van der Waals surface area contributed by atoms with Crippen LogP contribution in [0.2, 0.25) is 0 Å². The Morgan fingerprint density at radius 1 is 1.35 bits per heavy atom. The number of nitrogens with zero attached hydrogens (tertiary/aromatic N) is 1. The van der Waals surface area contributed by atoms with Gasteiger partial charge >= 0.3 is 5.97 Å². The van der Waals surface area contributed by atoms with E-state index in [0.717, 1.165) is 10.9 Å². The molecule has 0 bridgehead atoms. The van der Waals surface area contributed by atoms with Crippen molar-refractivity contribution in [3.63, 3.8) is 0 Å². The van der Waals surface area contributed by atoms with Gasteiger partial charge in [-0.15, -0.1) is 0 Å². The van der Waals surface area contributed by atoms with Crippen LogP contribution in [0.25, 0.3) is 10.9 Å². The van der Waals surface area contributed by atoms with Crippen LogP contribution >= 0.6 is 0 Å². The first-order valence-electron chi connectivity index (χ1n) is 8.36. The molecule has 8 heteroatoms. The Hall–Kier alpha value is -3.16. The van der Waals surface area contributed by atoms with Crippen LogP contribution in [0.5, 0.6) is 0 Å². The molecule has 1 saturated heterocycles. The van der Waals surface area contributed by atoms with Crippen molar-refractivity contribution in [1.82, 2.24) is 15.2 Å². The maximum atomic E-state index is 12.8. The van der Waals surface area contributed by atoms with Crippen LogP contribution in [0.3, 0.4) is 0 Å². The molecule has 1 aliphatic rings. The third-order valence-corrected chi connectivity index (χ3v) is 4.46. The number of para-hydroxylation sites is 1. The van der Waals surface area contributed by atoms with E-state index in [0.29, 0.717) is 31.4 Å². The summed E-state index contributed by atoms with van der Waals surface area (Å²) >= 11 is 0. The molecule has 2 amide bonds. The van der Waals surface area contributed by atoms with Crippen LogP contribution < -0.4 is 5.32 Å². The van der Waals surface area contributed by atoms with E-state index in [1.165, 1.54) is 4.90 Å². The maximum Gasteiger partial charge on any atom is 0.305 e. The van der Waals surface area contributed by atoms with Crippen molar-refractivity contribution in [1.29, 1.82) is 0 Å². The molecular formula is C18H19N3O5. The number of carbonyl (C=O) groups excluding carboxylic acids is 3. The minimum atomic E-state index is -1.18. The van der Waals surface area contributed by atoms with Crippen LogP contribution in [0.4, 0.5) is 0 Å². The number of likely N-dealkylation sites (tertiary alicyclic amines) is 1. The Kier molecular flexibility index (Phi) is 5.01. The fourth-order valence-electron chi connectivity index (χ4n) is 3.23. The predicted molar refractivity (Wildman–Crippen MR) is 92.6 cm³/mol. The Balaban J connectivity index is 1.74. The second-order valence-corrected chi connectivity index (χ2v) is 6.28. The number of carbonyl (C=O) groups is 4. The molecule has 2 aromatic rings. The number of carboxylic acids is 1. The Bertz CT molecular complexity index is 826. The van der Waals surface area contributed by atoms with Crippen LogP contribution in [-0.4, -0.2) is 57.7 Å². The summed E-state index contributed by atoms with van der Waals surface area (Å²) in [7, 11) is 0. The highest BCUT2D eigenvalue weighted by Crippen LogP contribution is 2.22. The Morgan fingerprint density at radius 2 is 2.12 bits per heavy atom. The minimum absolute atomic E-state index is 0.292. The number of H-pyrrole nitrogens is 1. The van der Waals surface area contributed by atoms with Gasteiger partial charge in [-0.3, -0.25) is 14.4 Å². The molecule has 0 radical (unpaired) electrons. The lowest BCUT2D eigenvalue weighted by Crippen LogP contribution is -2.49. The summed E-state index contributed by atoms with van der Waals surface area (Å²) in [5.41, 5.74) is 1.22. The summed E-state index contributed by atoms with van der Waals surface area (Å²) in [4.78, 5) is 51.5. The molecule has 0 spiro atoms. The molecular weight excluding hydrogens is 338 g/mol. The molecule has 3 rings (SSSR count). The fraction of sp³-hybridized carbons (Fsp3) is 0.333. The zero-order valence-corrected chi connectivity index (χ0v) is 14.0. The third kappa shape index (κ3) is 3.58. The van der Waals surface area contributed by atoms with Crippen LogP contribution in [0.15, 0.2) is 30.3 Å². The normalized spacial score (nSPS) is 17.8. The molecule has 3 N–H and O–H groups in total. The zero-order chi connectivity index (χ0) is 18.7. The smallest absolute Gasteiger partial charge is 0.305 e. The highest BCUT2D eigenvalue weighted by molar-refractivity contribution is 6.00. The number of fused-ring (bicyclic) bond motifs is 1. The molecule has 2 heterocycles. The lowest BCUT2D eigenvalue weighted by atomic mass is 10.1. The average Bonchev–Trinajstić information content (AvgIpc) is 3.26. The number of rotatable bonds is 6. The molecule has 136 valence electrons. The monoisotopic (exact) mass is 357 g/mol. The van der Waals surface area contributed by atoms with E-state index in [1.54, 1.807) is 6.07 Å². The quantitative estimate of drug-likeness (QED) is 0.665. The fourth-order valence-corrected chi connectivity index (χ4v) is 3.23. The van der Waals surface area contributed by atoms with E-state index in [-0.39, 0.29) is 5.91 Å². The first-order valence-corrected chi connectivity index (χ1v) is 8.36. The van der Waals surface area contributed by atoms with Crippen molar-refractivity contribution in [2.24, 2.45) is 0 Å². The SMILES string of the molecule is O=C[C@H](CC(=O)O)NC(=O)[C@@H]1CCCN1C(=O)c1cc2ccccc2[nH]1. The van der Waals surface area contributed by atoms with Gasteiger partial charge in [-0.05, 0) is 25.0 Å². The number of carboxylic acid groups (broad SMARTS) is 1. The Morgan fingerprint density at radius 3 is 2.81 bits per heavy atom. The number of benzene rings is 1. The van der Waals surface area contributed by atoms with Crippen molar-refractivity contribution < 1.29 is 24.3 Å². The number of aromatic nitrogens is 1. The molecule has 26 heavy (non-hydrogen) atoms. The molecule has 0 saturated carbocycles. The number of nitrogens with one attached hydrogen (secondary N) is 2. The summed E-state index contributed by atoms with van der Waals surface area (Å²) in [6.45, 7) is 0.428. The molecule has 1 fully saturated rings. The number of aldehydes is 1. The van der Waals surface area contributed by atoms with Crippen molar-refractivity contribution in [3.05, 3.63) is 36.0 Å². The maximum absolute atomic E-state index is 12.8. The summed E-state index contributed by atoms with van der Waals surface area (Å²) in [6, 6.07) is 7.40. The summed E-state index contributed by atoms with van der Waals surface area (Å²) < 4.78 is 0. The first-order chi connectivity index (χ1) is 12.5. The highest BCUT2D eigenvalue weighted by atomic mass is 16.4. The van der Waals surface area contributed by atoms with Crippen molar-refractivity contribution in [2.45, 2.75) is 31.3 Å². The van der Waals surface area contributed by atoms with Crippen LogP contribution in [0, 0.1) is 0 Å². The second-order valence-electron chi connectivity index (χ2n) is 6.28. The summed E-state index contributed by atoms with van der Waals surface area (Å²) in [5, 5.41) is 12.1. The standard InChI is InChI=1S/C18H19N3O5/c22-10-12(9-16(23)24)19-17(25)15-6-3-7-21(15)18(26)14-8-11-4-1-2-5-13(11)20-14/h1-2,4-5,8,10,12,15,20H,3,6-7,9H2,(H,19,25)(H,23,24)/t12-,15-/m0/s1. The predicted octanol–water partition coefficient (Wildman–Crippen LogP) is 0.931. The van der Waals surface area contributed by atoms with Crippen molar-refractivity contribution in [3.8, 4) is 0 Å². The molecule has 1 aliphatic heterocycles. The molecule has 2 atom stereocenters. The van der Waals surface area contributed by atoms with Gasteiger partial charge < -0.3 is 25.1 Å². The lowest BCUT2D eigenvalue weighted by Gasteiger charge is -2.24. The van der Waals surface area contributed by atoms with E-state index in [2.05, 4.69) is 10.3 Å². The first kappa shape index (κ1) is 17.7. The number of aliphatic carboxylic acids is 1. The van der Waals surface area contributed by atoms with E-state index in [1.807, 2.05) is 24.3 Å². The third-order valence-electron chi connectivity index (χ3n) is 4.46. The van der Waals surface area contributed by atoms with Gasteiger partial charge in [-0.1, -0.05) is 18.2 Å². The van der Waals surface area contributed by atoms with Crippen LogP contribution in [-0.2, 0) is 14.4 Å². The van der Waals surface area contributed by atoms with Crippen molar-refractivity contribution in [2.75, 3.05) is 6.54 Å². The van der Waals surface area contributed by atoms with E-state index in [4.69, 9.17) is 5.11 Å². The van der Waals surface area contributed by atoms with Gasteiger partial charge in [0, 0.05) is 17.4 Å². The molecule has 8 nitrogen and oxygen atoms in total. The minimum Gasteiger partial charge on any atom is -0.481 e. The van der Waals surface area contributed by atoms with E-state index >= 15 is 0 Å². The van der Waals surface area contributed by atoms with Gasteiger partial charge in [0.25, 0.3) is 5.91 Å². The van der Waals surface area contributed by atoms with Crippen LogP contribution in [0.1, 0.15) is 29.8 Å². The molecule has 1 aromatic carbocycles. The molecule has 0 unspecified atom stereocenters. The van der Waals surface area contributed by atoms with Gasteiger partial charge in [-0.25, -0.2) is 0 Å². The summed E-state index contributed by atoms with van der Waals surface area (Å²) in [6.07, 6.45) is 1.04. The highest BCUT2D eigenvalue weighted by Gasteiger charge is 2.36. The van der Waals surface area contributed by atoms with Gasteiger partial charge in [-0.2, -0.15) is 0 Å². The summed E-state index contributed by atoms with van der Waals surface area (Å²) in [5.74, 6) is -1.98. The zero-order valence-electron chi connectivity index (χ0n) is 14.0. The average molecular weight is 357 g/mol. The Labute approximate surface area is 149 Å². The molecule has 1 aromatic heterocycles. The largest absolute Gasteiger partial charge is 0.481 e. The topological polar surface area (TPSA) is 120 Å². The van der Waals surface area contributed by atoms with E-state index < -0.39 is 30.4 Å². The number of hydrogen-bond acceptors (Lipinski definition) is 4. The lowest BCUT2D eigenvalue weighted by molar-refractivity contribution is -0.139. The van der Waals surface area contributed by atoms with Gasteiger partial charge in [0.1, 0.15) is 18.0 Å². The number of aromatic amines is 1. The second kappa shape index (κ2) is 7.38.